The SMILES string of the molecule is CC(C)(C)C1=CCN(C(=O)c2ccc(=O)[nH]n2)CC1. The number of hydrogen-bond donors (Lipinski definition) is 1. The molecule has 0 aromatic carbocycles. The smallest absolute Gasteiger partial charge is 0.274 e. The van der Waals surface area contributed by atoms with Crippen molar-refractivity contribution in [3.8, 4) is 0 Å². The average molecular weight is 261 g/mol. The van der Waals surface area contributed by atoms with Gasteiger partial charge < -0.3 is 4.90 Å². The largest absolute Gasteiger partial charge is 0.333 e. The van der Waals surface area contributed by atoms with Gasteiger partial charge in [0.15, 0.2) is 0 Å². The van der Waals surface area contributed by atoms with Crippen molar-refractivity contribution < 1.29 is 4.79 Å². The Morgan fingerprint density at radius 2 is 2.11 bits per heavy atom. The quantitative estimate of drug-likeness (QED) is 0.781. The van der Waals surface area contributed by atoms with Gasteiger partial charge in [0.05, 0.1) is 0 Å². The first kappa shape index (κ1) is 13.5. The molecular formula is C14H19N3O2. The van der Waals surface area contributed by atoms with Crippen LogP contribution < -0.4 is 5.56 Å². The minimum atomic E-state index is -0.301. The van der Waals surface area contributed by atoms with Gasteiger partial charge in [-0.2, -0.15) is 5.10 Å². The maximum Gasteiger partial charge on any atom is 0.274 e. The molecule has 1 aliphatic rings. The second-order valence-electron chi connectivity index (χ2n) is 5.79. The van der Waals surface area contributed by atoms with Gasteiger partial charge in [-0.15, -0.1) is 0 Å². The van der Waals surface area contributed by atoms with E-state index in [4.69, 9.17) is 0 Å². The highest BCUT2D eigenvalue weighted by Gasteiger charge is 2.24. The molecule has 1 aliphatic heterocycles. The van der Waals surface area contributed by atoms with Gasteiger partial charge in [-0.1, -0.05) is 32.4 Å². The Balaban J connectivity index is 2.09. The Morgan fingerprint density at radius 3 is 2.58 bits per heavy atom. The van der Waals surface area contributed by atoms with Crippen molar-refractivity contribution in [2.24, 2.45) is 5.41 Å². The maximum atomic E-state index is 12.2. The molecular weight excluding hydrogens is 242 g/mol. The van der Waals surface area contributed by atoms with Crippen LogP contribution in [0.1, 0.15) is 37.7 Å². The molecule has 19 heavy (non-hydrogen) atoms. The number of amides is 1. The number of H-pyrrole nitrogens is 1. The normalized spacial score (nSPS) is 16.2. The van der Waals surface area contributed by atoms with Crippen molar-refractivity contribution in [3.05, 3.63) is 39.8 Å². The Bertz CT molecular complexity index is 546. The zero-order valence-corrected chi connectivity index (χ0v) is 11.6. The first-order valence-electron chi connectivity index (χ1n) is 6.42. The van der Waals surface area contributed by atoms with E-state index in [9.17, 15) is 9.59 Å². The molecule has 1 aromatic heterocycles. The van der Waals surface area contributed by atoms with E-state index in [2.05, 4.69) is 37.0 Å². The molecule has 0 fully saturated rings. The van der Waals surface area contributed by atoms with E-state index in [-0.39, 0.29) is 22.6 Å². The third kappa shape index (κ3) is 3.10. The van der Waals surface area contributed by atoms with Crippen LogP contribution in [0.3, 0.4) is 0 Å². The van der Waals surface area contributed by atoms with Crippen molar-refractivity contribution in [2.45, 2.75) is 27.2 Å². The maximum absolute atomic E-state index is 12.2. The molecule has 2 rings (SSSR count). The highest BCUT2D eigenvalue weighted by atomic mass is 16.2. The Kier molecular flexibility index (Phi) is 3.55. The molecule has 5 nitrogen and oxygen atoms in total. The Labute approximate surface area is 112 Å². The lowest BCUT2D eigenvalue weighted by atomic mass is 9.83. The Morgan fingerprint density at radius 1 is 1.37 bits per heavy atom. The van der Waals surface area contributed by atoms with Crippen LogP contribution in [-0.4, -0.2) is 34.1 Å². The van der Waals surface area contributed by atoms with Gasteiger partial charge in [-0.3, -0.25) is 9.59 Å². The summed E-state index contributed by atoms with van der Waals surface area (Å²) in [5.41, 5.74) is 1.52. The minimum absolute atomic E-state index is 0.138. The highest BCUT2D eigenvalue weighted by molar-refractivity contribution is 5.92. The second-order valence-corrected chi connectivity index (χ2v) is 5.79. The van der Waals surface area contributed by atoms with Gasteiger partial charge in [0.25, 0.3) is 11.5 Å². The van der Waals surface area contributed by atoms with Gasteiger partial charge in [-0.25, -0.2) is 5.10 Å². The monoisotopic (exact) mass is 261 g/mol. The second kappa shape index (κ2) is 4.99. The summed E-state index contributed by atoms with van der Waals surface area (Å²) in [5.74, 6) is -0.138. The van der Waals surface area contributed by atoms with Gasteiger partial charge >= 0.3 is 0 Å². The molecule has 0 spiro atoms. The molecule has 2 heterocycles. The van der Waals surface area contributed by atoms with Gasteiger partial charge in [0.1, 0.15) is 5.69 Å². The van der Waals surface area contributed by atoms with Gasteiger partial charge in [0, 0.05) is 19.2 Å². The number of carbonyl (C=O) groups is 1. The van der Waals surface area contributed by atoms with Crippen molar-refractivity contribution in [2.75, 3.05) is 13.1 Å². The lowest BCUT2D eigenvalue weighted by Gasteiger charge is -2.32. The fourth-order valence-electron chi connectivity index (χ4n) is 2.16. The van der Waals surface area contributed by atoms with Crippen molar-refractivity contribution >= 4 is 5.91 Å². The van der Waals surface area contributed by atoms with E-state index >= 15 is 0 Å². The molecule has 0 unspecified atom stereocenters. The van der Waals surface area contributed by atoms with Crippen LogP contribution in [0, 0.1) is 5.41 Å². The van der Waals surface area contributed by atoms with E-state index in [1.54, 1.807) is 4.90 Å². The van der Waals surface area contributed by atoms with Crippen molar-refractivity contribution in [1.29, 1.82) is 0 Å². The number of nitrogens with one attached hydrogen (secondary N) is 1. The summed E-state index contributed by atoms with van der Waals surface area (Å²) in [6.07, 6.45) is 3.01. The van der Waals surface area contributed by atoms with E-state index in [1.807, 2.05) is 0 Å². The molecule has 1 aromatic rings. The fraction of sp³-hybridized carbons (Fsp3) is 0.500. The number of rotatable bonds is 1. The molecule has 5 heteroatoms. The van der Waals surface area contributed by atoms with Crippen LogP contribution >= 0.6 is 0 Å². The summed E-state index contributed by atoms with van der Waals surface area (Å²) in [5, 5.41) is 6.06. The summed E-state index contributed by atoms with van der Waals surface area (Å²) in [6.45, 7) is 7.84. The highest BCUT2D eigenvalue weighted by Crippen LogP contribution is 2.30. The number of nitrogens with zero attached hydrogens (tertiary/aromatic N) is 2. The standard InChI is InChI=1S/C14H19N3O2/c1-14(2,3)10-6-8-17(9-7-10)13(19)11-4-5-12(18)16-15-11/h4-6H,7-9H2,1-3H3,(H,16,18). The molecule has 102 valence electrons. The molecule has 1 N–H and O–H groups in total. The topological polar surface area (TPSA) is 66.1 Å². The first-order valence-corrected chi connectivity index (χ1v) is 6.42. The number of aromatic amines is 1. The summed E-state index contributed by atoms with van der Waals surface area (Å²) < 4.78 is 0. The zero-order chi connectivity index (χ0) is 14.0. The van der Waals surface area contributed by atoms with Crippen molar-refractivity contribution in [3.63, 3.8) is 0 Å². The molecule has 0 aliphatic carbocycles. The Hall–Kier alpha value is -1.91. The van der Waals surface area contributed by atoms with E-state index in [1.165, 1.54) is 17.7 Å². The molecule has 0 saturated carbocycles. The van der Waals surface area contributed by atoms with Crippen LogP contribution in [0.25, 0.3) is 0 Å². The summed E-state index contributed by atoms with van der Waals surface area (Å²) in [7, 11) is 0. The molecule has 0 saturated heterocycles. The molecule has 0 bridgehead atoms. The van der Waals surface area contributed by atoms with Crippen molar-refractivity contribution in [1.82, 2.24) is 15.1 Å². The first-order chi connectivity index (χ1) is 8.88. The third-order valence-electron chi connectivity index (χ3n) is 3.36. The van der Waals surface area contributed by atoms with Crippen LogP contribution in [0.5, 0.6) is 0 Å². The third-order valence-corrected chi connectivity index (χ3v) is 3.36. The zero-order valence-electron chi connectivity index (χ0n) is 11.6. The number of hydrogen-bond acceptors (Lipinski definition) is 3. The molecule has 1 amide bonds. The van der Waals surface area contributed by atoms with Crippen LogP contribution in [0.15, 0.2) is 28.6 Å². The van der Waals surface area contributed by atoms with Crippen LogP contribution in [0.4, 0.5) is 0 Å². The van der Waals surface area contributed by atoms with Crippen LogP contribution in [-0.2, 0) is 0 Å². The van der Waals surface area contributed by atoms with Crippen LogP contribution in [0.2, 0.25) is 0 Å². The molecule has 0 atom stereocenters. The summed E-state index contributed by atoms with van der Waals surface area (Å²) in [4.78, 5) is 24.8. The lowest BCUT2D eigenvalue weighted by Crippen LogP contribution is -2.37. The predicted octanol–water partition coefficient (Wildman–Crippen LogP) is 1.59. The van der Waals surface area contributed by atoms with E-state index in [0.29, 0.717) is 13.1 Å². The fourth-order valence-corrected chi connectivity index (χ4v) is 2.16. The summed E-state index contributed by atoms with van der Waals surface area (Å²) in [6, 6.07) is 2.78. The lowest BCUT2D eigenvalue weighted by molar-refractivity contribution is 0.0758. The van der Waals surface area contributed by atoms with Gasteiger partial charge in [0.2, 0.25) is 0 Å². The number of aromatic nitrogens is 2. The number of carbonyl (C=O) groups excluding carboxylic acids is 1. The summed E-state index contributed by atoms with van der Waals surface area (Å²) >= 11 is 0. The molecule has 0 radical (unpaired) electrons. The van der Waals surface area contributed by atoms with E-state index < -0.39 is 0 Å². The average Bonchev–Trinajstić information content (AvgIpc) is 2.38. The predicted molar refractivity (Wildman–Crippen MR) is 72.9 cm³/mol. The van der Waals surface area contributed by atoms with E-state index in [0.717, 1.165) is 6.42 Å². The van der Waals surface area contributed by atoms with Gasteiger partial charge in [-0.05, 0) is 17.9 Å². The minimum Gasteiger partial charge on any atom is -0.333 e.